The molecule has 0 heterocycles. The van der Waals surface area contributed by atoms with Gasteiger partial charge in [-0.3, -0.25) is 0 Å². The molecular weight excluding hydrogens is 264 g/mol. The summed E-state index contributed by atoms with van der Waals surface area (Å²) >= 11 is 5.48. The van der Waals surface area contributed by atoms with Crippen molar-refractivity contribution < 1.29 is 0 Å². The van der Waals surface area contributed by atoms with Gasteiger partial charge in [-0.15, -0.1) is 0 Å². The van der Waals surface area contributed by atoms with E-state index in [1.165, 1.54) is 11.1 Å². The van der Waals surface area contributed by atoms with Crippen molar-refractivity contribution in [2.24, 2.45) is 0 Å². The molecule has 104 valence electrons. The Morgan fingerprint density at radius 1 is 1.05 bits per heavy atom. The van der Waals surface area contributed by atoms with Crippen molar-refractivity contribution >= 4 is 23.0 Å². The number of rotatable bonds is 4. The summed E-state index contributed by atoms with van der Waals surface area (Å²) in [5.41, 5.74) is 3.63. The third kappa shape index (κ3) is 3.81. The maximum absolute atomic E-state index is 5.48. The highest BCUT2D eigenvalue weighted by Crippen LogP contribution is 2.16. The molecule has 0 bridgehead atoms. The standard InChI is InChI=1S/C17H20N2S/c1-3-15-11-7-8-12-16(15)18-17(20)19(2)13-14-9-5-4-6-10-14/h4-12H,3,13H2,1-2H3,(H,18,20). The summed E-state index contributed by atoms with van der Waals surface area (Å²) in [5.74, 6) is 0. The van der Waals surface area contributed by atoms with Crippen LogP contribution in [0.3, 0.4) is 0 Å². The summed E-state index contributed by atoms with van der Waals surface area (Å²) in [6, 6.07) is 18.6. The van der Waals surface area contributed by atoms with Crippen molar-refractivity contribution in [3.05, 3.63) is 65.7 Å². The van der Waals surface area contributed by atoms with E-state index in [0.29, 0.717) is 0 Å². The molecule has 3 heteroatoms. The van der Waals surface area contributed by atoms with Crippen LogP contribution in [-0.2, 0) is 13.0 Å². The molecule has 0 spiro atoms. The molecule has 0 saturated heterocycles. The maximum Gasteiger partial charge on any atom is 0.173 e. The van der Waals surface area contributed by atoms with Crippen LogP contribution in [0.4, 0.5) is 5.69 Å². The quantitative estimate of drug-likeness (QED) is 0.852. The van der Waals surface area contributed by atoms with Crippen molar-refractivity contribution in [1.82, 2.24) is 4.90 Å². The zero-order valence-electron chi connectivity index (χ0n) is 12.0. The first-order valence-electron chi connectivity index (χ1n) is 6.84. The Hall–Kier alpha value is -1.87. The fourth-order valence-corrected chi connectivity index (χ4v) is 2.26. The van der Waals surface area contributed by atoms with E-state index in [0.717, 1.165) is 23.8 Å². The normalized spacial score (nSPS) is 10.1. The summed E-state index contributed by atoms with van der Waals surface area (Å²) in [5, 5.41) is 4.08. The molecule has 2 nitrogen and oxygen atoms in total. The molecule has 0 atom stereocenters. The highest BCUT2D eigenvalue weighted by molar-refractivity contribution is 7.80. The highest BCUT2D eigenvalue weighted by Gasteiger charge is 2.07. The van der Waals surface area contributed by atoms with Gasteiger partial charge in [0.1, 0.15) is 0 Å². The van der Waals surface area contributed by atoms with Crippen LogP contribution >= 0.6 is 12.2 Å². The van der Waals surface area contributed by atoms with Crippen LogP contribution in [0.25, 0.3) is 0 Å². The molecule has 0 fully saturated rings. The van der Waals surface area contributed by atoms with Gasteiger partial charge in [0, 0.05) is 19.3 Å². The van der Waals surface area contributed by atoms with Crippen LogP contribution in [0.2, 0.25) is 0 Å². The molecule has 2 aromatic carbocycles. The number of benzene rings is 2. The minimum atomic E-state index is 0.745. The van der Waals surface area contributed by atoms with Crippen LogP contribution < -0.4 is 5.32 Å². The lowest BCUT2D eigenvalue weighted by molar-refractivity contribution is 0.508. The topological polar surface area (TPSA) is 15.3 Å². The average molecular weight is 284 g/mol. The molecule has 20 heavy (non-hydrogen) atoms. The number of hydrogen-bond donors (Lipinski definition) is 1. The molecular formula is C17H20N2S. The Kier molecular flexibility index (Phi) is 5.13. The Morgan fingerprint density at radius 2 is 1.70 bits per heavy atom. The molecule has 2 rings (SSSR count). The molecule has 0 radical (unpaired) electrons. The van der Waals surface area contributed by atoms with Crippen molar-refractivity contribution in [1.29, 1.82) is 0 Å². The number of aryl methyl sites for hydroxylation is 1. The number of hydrogen-bond acceptors (Lipinski definition) is 1. The van der Waals surface area contributed by atoms with Gasteiger partial charge in [0.25, 0.3) is 0 Å². The van der Waals surface area contributed by atoms with Gasteiger partial charge < -0.3 is 10.2 Å². The number of thiocarbonyl (C=S) groups is 1. The van der Waals surface area contributed by atoms with E-state index in [9.17, 15) is 0 Å². The lowest BCUT2D eigenvalue weighted by atomic mass is 10.1. The molecule has 0 aliphatic carbocycles. The van der Waals surface area contributed by atoms with Crippen molar-refractivity contribution in [3.8, 4) is 0 Å². The molecule has 0 amide bonds. The smallest absolute Gasteiger partial charge is 0.173 e. The predicted molar refractivity (Wildman–Crippen MR) is 89.9 cm³/mol. The average Bonchev–Trinajstić information content (AvgIpc) is 2.48. The highest BCUT2D eigenvalue weighted by atomic mass is 32.1. The van der Waals surface area contributed by atoms with E-state index in [-0.39, 0.29) is 0 Å². The van der Waals surface area contributed by atoms with E-state index < -0.39 is 0 Å². The zero-order chi connectivity index (χ0) is 14.4. The van der Waals surface area contributed by atoms with Gasteiger partial charge in [-0.05, 0) is 35.8 Å². The van der Waals surface area contributed by atoms with Gasteiger partial charge in [0.2, 0.25) is 0 Å². The monoisotopic (exact) mass is 284 g/mol. The first kappa shape index (κ1) is 14.5. The lowest BCUT2D eigenvalue weighted by Crippen LogP contribution is -2.30. The fraction of sp³-hybridized carbons (Fsp3) is 0.235. The van der Waals surface area contributed by atoms with E-state index in [1.807, 2.05) is 31.3 Å². The number of para-hydroxylation sites is 1. The molecule has 1 N–H and O–H groups in total. The van der Waals surface area contributed by atoms with Crippen LogP contribution in [0.15, 0.2) is 54.6 Å². The summed E-state index contributed by atoms with van der Waals surface area (Å²) in [7, 11) is 2.01. The second kappa shape index (κ2) is 7.06. The SMILES string of the molecule is CCc1ccccc1NC(=S)N(C)Cc1ccccc1. The Labute approximate surface area is 126 Å². The van der Waals surface area contributed by atoms with Crippen molar-refractivity contribution in [2.75, 3.05) is 12.4 Å². The zero-order valence-corrected chi connectivity index (χ0v) is 12.8. The summed E-state index contributed by atoms with van der Waals surface area (Å²) in [6.45, 7) is 2.96. The molecule has 2 aromatic rings. The van der Waals surface area contributed by atoms with Crippen molar-refractivity contribution in [2.45, 2.75) is 19.9 Å². The Bertz CT molecular complexity index is 566. The maximum atomic E-state index is 5.48. The minimum absolute atomic E-state index is 0.745. The largest absolute Gasteiger partial charge is 0.348 e. The third-order valence-corrected chi connectivity index (χ3v) is 3.66. The molecule has 0 aliphatic heterocycles. The van der Waals surface area contributed by atoms with Crippen LogP contribution in [0, 0.1) is 0 Å². The second-order valence-corrected chi connectivity index (χ2v) is 5.17. The van der Waals surface area contributed by atoms with Gasteiger partial charge in [-0.25, -0.2) is 0 Å². The first-order valence-corrected chi connectivity index (χ1v) is 7.25. The fourth-order valence-electron chi connectivity index (χ4n) is 2.09. The van der Waals surface area contributed by atoms with E-state index in [1.54, 1.807) is 0 Å². The van der Waals surface area contributed by atoms with Gasteiger partial charge in [0.05, 0.1) is 0 Å². The first-order chi connectivity index (χ1) is 9.70. The van der Waals surface area contributed by atoms with E-state index in [2.05, 4.69) is 47.5 Å². The summed E-state index contributed by atoms with van der Waals surface area (Å²) in [4.78, 5) is 2.05. The Balaban J connectivity index is 2.01. The van der Waals surface area contributed by atoms with Crippen molar-refractivity contribution in [3.63, 3.8) is 0 Å². The summed E-state index contributed by atoms with van der Waals surface area (Å²) in [6.07, 6.45) is 0.994. The van der Waals surface area contributed by atoms with E-state index in [4.69, 9.17) is 12.2 Å². The second-order valence-electron chi connectivity index (χ2n) is 4.78. The molecule has 0 aliphatic rings. The van der Waals surface area contributed by atoms with Gasteiger partial charge in [-0.1, -0.05) is 55.5 Å². The van der Waals surface area contributed by atoms with Crippen LogP contribution in [0.5, 0.6) is 0 Å². The van der Waals surface area contributed by atoms with Crippen LogP contribution in [0.1, 0.15) is 18.1 Å². The van der Waals surface area contributed by atoms with Gasteiger partial charge in [0.15, 0.2) is 5.11 Å². The number of nitrogens with one attached hydrogen (secondary N) is 1. The molecule has 0 saturated carbocycles. The number of nitrogens with zero attached hydrogens (tertiary/aromatic N) is 1. The lowest BCUT2D eigenvalue weighted by Gasteiger charge is -2.22. The predicted octanol–water partition coefficient (Wildman–Crippen LogP) is 4.08. The van der Waals surface area contributed by atoms with Gasteiger partial charge in [-0.2, -0.15) is 0 Å². The minimum Gasteiger partial charge on any atom is -0.348 e. The Morgan fingerprint density at radius 3 is 2.40 bits per heavy atom. The molecule has 0 unspecified atom stereocenters. The van der Waals surface area contributed by atoms with Crippen LogP contribution in [-0.4, -0.2) is 17.1 Å². The van der Waals surface area contributed by atoms with E-state index >= 15 is 0 Å². The number of anilines is 1. The summed E-state index contributed by atoms with van der Waals surface area (Å²) < 4.78 is 0. The van der Waals surface area contributed by atoms with Gasteiger partial charge >= 0.3 is 0 Å². The molecule has 0 aromatic heterocycles. The third-order valence-electron chi connectivity index (χ3n) is 3.25.